The average Bonchev–Trinajstić information content (AvgIpc) is 2.41. The highest BCUT2D eigenvalue weighted by atomic mass is 16.5. The Bertz CT molecular complexity index is 290. The van der Waals surface area contributed by atoms with Gasteiger partial charge in [0.1, 0.15) is 6.61 Å². The minimum absolute atomic E-state index is 0.0290. The van der Waals surface area contributed by atoms with Crippen LogP contribution in [0.15, 0.2) is 0 Å². The molecule has 2 aliphatic rings. The van der Waals surface area contributed by atoms with Gasteiger partial charge in [-0.2, -0.15) is 0 Å². The van der Waals surface area contributed by atoms with Crippen molar-refractivity contribution in [2.75, 3.05) is 26.8 Å². The quantitative estimate of drug-likeness (QED) is 0.782. The molecule has 5 heteroatoms. The fraction of sp³-hybridized carbons (Fsp3) is 0.929. The minimum Gasteiger partial charge on any atom is -0.391 e. The van der Waals surface area contributed by atoms with Crippen LogP contribution in [-0.2, 0) is 9.53 Å². The zero-order valence-electron chi connectivity index (χ0n) is 11.8. The van der Waals surface area contributed by atoms with Crippen LogP contribution in [-0.4, -0.2) is 60.9 Å². The topological polar surface area (TPSA) is 61.8 Å². The number of likely N-dealkylation sites (tertiary alicyclic amines) is 1. The fourth-order valence-electron chi connectivity index (χ4n) is 3.29. The van der Waals surface area contributed by atoms with E-state index in [1.807, 2.05) is 0 Å². The number of hydrogen-bond acceptors (Lipinski definition) is 4. The number of ether oxygens (including phenoxy) is 1. The molecular weight excluding hydrogens is 244 g/mol. The molecule has 1 aliphatic carbocycles. The molecular formula is C14H26N2O3. The molecule has 0 radical (unpaired) electrons. The van der Waals surface area contributed by atoms with Gasteiger partial charge in [-0.1, -0.05) is 12.8 Å². The molecule has 1 saturated carbocycles. The predicted molar refractivity (Wildman–Crippen MR) is 72.9 cm³/mol. The first-order valence-electron chi connectivity index (χ1n) is 7.41. The monoisotopic (exact) mass is 270 g/mol. The van der Waals surface area contributed by atoms with E-state index >= 15 is 0 Å². The third-order valence-corrected chi connectivity index (χ3v) is 4.33. The van der Waals surface area contributed by atoms with Gasteiger partial charge >= 0.3 is 0 Å². The number of carbonyl (C=O) groups excluding carboxylic acids is 1. The normalized spacial score (nSPS) is 30.2. The number of aliphatic hydroxyl groups is 1. The molecule has 1 heterocycles. The van der Waals surface area contributed by atoms with Crippen molar-refractivity contribution in [3.05, 3.63) is 0 Å². The highest BCUT2D eigenvalue weighted by Crippen LogP contribution is 2.25. The van der Waals surface area contributed by atoms with Crippen molar-refractivity contribution in [3.63, 3.8) is 0 Å². The first kappa shape index (κ1) is 14.8. The Balaban J connectivity index is 1.74. The van der Waals surface area contributed by atoms with E-state index in [0.29, 0.717) is 6.04 Å². The van der Waals surface area contributed by atoms with E-state index in [0.717, 1.165) is 45.2 Å². The molecule has 1 saturated heterocycles. The molecule has 2 unspecified atom stereocenters. The van der Waals surface area contributed by atoms with Crippen LogP contribution in [0.4, 0.5) is 0 Å². The van der Waals surface area contributed by atoms with E-state index in [9.17, 15) is 9.90 Å². The zero-order valence-corrected chi connectivity index (χ0v) is 11.8. The summed E-state index contributed by atoms with van der Waals surface area (Å²) < 4.78 is 4.82. The summed E-state index contributed by atoms with van der Waals surface area (Å²) in [5.74, 6) is -0.0290. The van der Waals surface area contributed by atoms with Crippen LogP contribution in [0.25, 0.3) is 0 Å². The Morgan fingerprint density at radius 1 is 1.26 bits per heavy atom. The van der Waals surface area contributed by atoms with Crippen LogP contribution < -0.4 is 5.32 Å². The lowest BCUT2D eigenvalue weighted by Gasteiger charge is -2.41. The van der Waals surface area contributed by atoms with Crippen LogP contribution in [0.5, 0.6) is 0 Å². The number of aliphatic hydroxyl groups excluding tert-OH is 1. The van der Waals surface area contributed by atoms with Gasteiger partial charge in [0.05, 0.1) is 6.10 Å². The molecule has 2 atom stereocenters. The standard InChI is InChI=1S/C14H26N2O3/c1-19-10-14(18)15-11-6-8-16(9-7-11)12-4-2-3-5-13(12)17/h11-13,17H,2-10H2,1H3,(H,15,18). The van der Waals surface area contributed by atoms with Gasteiger partial charge in [0, 0.05) is 32.3 Å². The van der Waals surface area contributed by atoms with Crippen LogP contribution in [0.2, 0.25) is 0 Å². The molecule has 0 bridgehead atoms. The summed E-state index contributed by atoms with van der Waals surface area (Å²) in [6.45, 7) is 2.08. The highest BCUT2D eigenvalue weighted by molar-refractivity contribution is 5.77. The second-order valence-electron chi connectivity index (χ2n) is 5.73. The van der Waals surface area contributed by atoms with E-state index in [1.54, 1.807) is 0 Å². The smallest absolute Gasteiger partial charge is 0.246 e. The Morgan fingerprint density at radius 3 is 2.58 bits per heavy atom. The Hall–Kier alpha value is -0.650. The van der Waals surface area contributed by atoms with Gasteiger partial charge in [-0.3, -0.25) is 9.69 Å². The van der Waals surface area contributed by atoms with E-state index in [-0.39, 0.29) is 24.7 Å². The third-order valence-electron chi connectivity index (χ3n) is 4.33. The third kappa shape index (κ3) is 4.16. The summed E-state index contributed by atoms with van der Waals surface area (Å²) >= 11 is 0. The highest BCUT2D eigenvalue weighted by Gasteiger charge is 2.31. The average molecular weight is 270 g/mol. The summed E-state index contributed by atoms with van der Waals surface area (Å²) in [5, 5.41) is 13.1. The van der Waals surface area contributed by atoms with Gasteiger partial charge < -0.3 is 15.2 Å². The predicted octanol–water partition coefficient (Wildman–Crippen LogP) is 0.517. The van der Waals surface area contributed by atoms with Crippen molar-refractivity contribution in [1.29, 1.82) is 0 Å². The van der Waals surface area contributed by atoms with Crippen molar-refractivity contribution in [2.24, 2.45) is 0 Å². The lowest BCUT2D eigenvalue weighted by molar-refractivity contribution is -0.125. The summed E-state index contributed by atoms with van der Waals surface area (Å²) in [4.78, 5) is 13.9. The van der Waals surface area contributed by atoms with Crippen molar-refractivity contribution in [1.82, 2.24) is 10.2 Å². The Labute approximate surface area is 115 Å². The number of hydrogen-bond donors (Lipinski definition) is 2. The molecule has 19 heavy (non-hydrogen) atoms. The largest absolute Gasteiger partial charge is 0.391 e. The maximum absolute atomic E-state index is 11.5. The number of carbonyl (C=O) groups is 1. The van der Waals surface area contributed by atoms with E-state index < -0.39 is 0 Å². The number of amides is 1. The van der Waals surface area contributed by atoms with Crippen molar-refractivity contribution in [3.8, 4) is 0 Å². The molecule has 5 nitrogen and oxygen atoms in total. The number of piperidine rings is 1. The molecule has 0 aromatic heterocycles. The van der Waals surface area contributed by atoms with Crippen LogP contribution in [0.3, 0.4) is 0 Å². The fourth-order valence-corrected chi connectivity index (χ4v) is 3.29. The van der Waals surface area contributed by atoms with Crippen LogP contribution >= 0.6 is 0 Å². The second-order valence-corrected chi connectivity index (χ2v) is 5.73. The van der Waals surface area contributed by atoms with Gasteiger partial charge in [-0.15, -0.1) is 0 Å². The molecule has 1 amide bonds. The summed E-state index contributed by atoms with van der Waals surface area (Å²) in [5.41, 5.74) is 0. The lowest BCUT2D eigenvalue weighted by atomic mass is 9.89. The zero-order chi connectivity index (χ0) is 13.7. The maximum atomic E-state index is 11.5. The van der Waals surface area contributed by atoms with E-state index in [4.69, 9.17) is 4.74 Å². The van der Waals surface area contributed by atoms with Gasteiger partial charge in [-0.05, 0) is 25.7 Å². The van der Waals surface area contributed by atoms with Gasteiger partial charge in [0.25, 0.3) is 0 Å². The number of rotatable bonds is 4. The minimum atomic E-state index is -0.159. The summed E-state index contributed by atoms with van der Waals surface area (Å²) in [6.07, 6.45) is 6.22. The second kappa shape index (κ2) is 7.22. The molecule has 2 rings (SSSR count). The van der Waals surface area contributed by atoms with Crippen molar-refractivity contribution in [2.45, 2.75) is 56.7 Å². The first-order valence-corrected chi connectivity index (χ1v) is 7.41. The van der Waals surface area contributed by atoms with Gasteiger partial charge in [0.2, 0.25) is 5.91 Å². The molecule has 2 N–H and O–H groups in total. The molecule has 0 aromatic rings. The lowest BCUT2D eigenvalue weighted by Crippen LogP contribution is -2.52. The maximum Gasteiger partial charge on any atom is 0.246 e. The molecule has 0 aromatic carbocycles. The number of methoxy groups -OCH3 is 1. The van der Waals surface area contributed by atoms with Crippen molar-refractivity contribution < 1.29 is 14.6 Å². The molecule has 2 fully saturated rings. The van der Waals surface area contributed by atoms with E-state index in [2.05, 4.69) is 10.2 Å². The SMILES string of the molecule is COCC(=O)NC1CCN(C2CCCCC2O)CC1. The van der Waals surface area contributed by atoms with Crippen LogP contribution in [0.1, 0.15) is 38.5 Å². The summed E-state index contributed by atoms with van der Waals surface area (Å²) in [7, 11) is 1.53. The van der Waals surface area contributed by atoms with Crippen LogP contribution in [0, 0.1) is 0 Å². The van der Waals surface area contributed by atoms with E-state index in [1.165, 1.54) is 13.5 Å². The first-order chi connectivity index (χ1) is 9.20. The molecule has 1 aliphatic heterocycles. The number of nitrogens with one attached hydrogen (secondary N) is 1. The Kier molecular flexibility index (Phi) is 5.60. The number of nitrogens with zero attached hydrogens (tertiary/aromatic N) is 1. The van der Waals surface area contributed by atoms with Gasteiger partial charge in [-0.25, -0.2) is 0 Å². The Morgan fingerprint density at radius 2 is 1.95 bits per heavy atom. The summed E-state index contributed by atoms with van der Waals surface area (Å²) in [6, 6.07) is 0.601. The molecule has 0 spiro atoms. The molecule has 110 valence electrons. The van der Waals surface area contributed by atoms with Crippen molar-refractivity contribution >= 4 is 5.91 Å². The van der Waals surface area contributed by atoms with Gasteiger partial charge in [0.15, 0.2) is 0 Å².